The molecule has 1 aliphatic heterocycles. The van der Waals surface area contributed by atoms with Gasteiger partial charge in [-0.05, 0) is 6.92 Å². The number of ether oxygens (including phenoxy) is 1. The zero-order valence-electron chi connectivity index (χ0n) is 8.01. The van der Waals surface area contributed by atoms with E-state index in [0.29, 0.717) is 5.75 Å². The molecule has 1 aliphatic rings. The molecule has 2 N–H and O–H groups in total. The van der Waals surface area contributed by atoms with Gasteiger partial charge in [-0.15, -0.1) is 11.8 Å². The smallest absolute Gasteiger partial charge is 0.351 e. The minimum atomic E-state index is -0.706. The summed E-state index contributed by atoms with van der Waals surface area (Å²) in [7, 11) is 0. The van der Waals surface area contributed by atoms with Crippen molar-refractivity contribution in [3.63, 3.8) is 0 Å². The predicted molar refractivity (Wildman–Crippen MR) is 54.9 cm³/mol. The van der Waals surface area contributed by atoms with E-state index >= 15 is 0 Å². The van der Waals surface area contributed by atoms with Crippen LogP contribution in [0.2, 0.25) is 0 Å². The molecule has 1 aromatic rings. The molecule has 1 saturated heterocycles. The quantitative estimate of drug-likeness (QED) is 0.765. The van der Waals surface area contributed by atoms with Gasteiger partial charge >= 0.3 is 5.69 Å². The number of halogens is 1. The minimum Gasteiger partial charge on any atom is -0.381 e. The molecule has 2 atom stereocenters. The summed E-state index contributed by atoms with van der Waals surface area (Å²) in [6.45, 7) is 1.87. The van der Waals surface area contributed by atoms with Gasteiger partial charge in [0.15, 0.2) is 11.6 Å². The van der Waals surface area contributed by atoms with Crippen LogP contribution in [0.1, 0.15) is 13.2 Å². The van der Waals surface area contributed by atoms with Crippen molar-refractivity contribution >= 4 is 17.6 Å². The standard InChI is InChI=1S/C8H10FN3O2S/c1-4-14-6(3-15-4)12-2-5(9)7(10)11-8(12)13/h2,4,6H,3H2,1H3,(H2,10,11,13). The number of hydrogen-bond donors (Lipinski definition) is 1. The van der Waals surface area contributed by atoms with E-state index in [-0.39, 0.29) is 11.3 Å². The van der Waals surface area contributed by atoms with E-state index in [4.69, 9.17) is 10.5 Å². The molecule has 2 rings (SSSR count). The average molecular weight is 231 g/mol. The van der Waals surface area contributed by atoms with Crippen molar-refractivity contribution in [3.8, 4) is 0 Å². The Bertz CT molecular complexity index is 436. The molecule has 7 heteroatoms. The minimum absolute atomic E-state index is 0.00233. The summed E-state index contributed by atoms with van der Waals surface area (Å²) in [5.74, 6) is -0.482. The van der Waals surface area contributed by atoms with Gasteiger partial charge in [0.2, 0.25) is 0 Å². The molecule has 5 nitrogen and oxygen atoms in total. The van der Waals surface area contributed by atoms with Crippen LogP contribution in [0.25, 0.3) is 0 Å². The molecule has 0 radical (unpaired) electrons. The summed E-state index contributed by atoms with van der Waals surface area (Å²) in [4.78, 5) is 14.8. The molecule has 15 heavy (non-hydrogen) atoms. The van der Waals surface area contributed by atoms with Crippen molar-refractivity contribution in [2.45, 2.75) is 18.6 Å². The van der Waals surface area contributed by atoms with E-state index in [2.05, 4.69) is 4.98 Å². The third-order valence-electron chi connectivity index (χ3n) is 2.07. The third-order valence-corrected chi connectivity index (χ3v) is 3.12. The highest BCUT2D eigenvalue weighted by molar-refractivity contribution is 7.99. The maximum atomic E-state index is 13.1. The van der Waals surface area contributed by atoms with Gasteiger partial charge < -0.3 is 10.5 Å². The van der Waals surface area contributed by atoms with Crippen LogP contribution in [0, 0.1) is 5.82 Å². The van der Waals surface area contributed by atoms with Gasteiger partial charge in [0.05, 0.1) is 6.20 Å². The average Bonchev–Trinajstić information content (AvgIpc) is 2.58. The number of anilines is 1. The monoisotopic (exact) mass is 231 g/mol. The lowest BCUT2D eigenvalue weighted by Gasteiger charge is -2.12. The van der Waals surface area contributed by atoms with E-state index in [0.717, 1.165) is 10.8 Å². The molecular formula is C8H10FN3O2S. The molecule has 0 amide bonds. The zero-order valence-corrected chi connectivity index (χ0v) is 8.83. The second kappa shape index (κ2) is 3.82. The van der Waals surface area contributed by atoms with Gasteiger partial charge in [-0.3, -0.25) is 4.57 Å². The number of nitrogens with two attached hydrogens (primary N) is 1. The van der Waals surface area contributed by atoms with Crippen molar-refractivity contribution in [2.24, 2.45) is 0 Å². The van der Waals surface area contributed by atoms with Crippen LogP contribution >= 0.6 is 11.8 Å². The largest absolute Gasteiger partial charge is 0.381 e. The highest BCUT2D eigenvalue weighted by atomic mass is 32.2. The lowest BCUT2D eigenvalue weighted by atomic mass is 10.5. The van der Waals surface area contributed by atoms with Crippen LogP contribution in [-0.4, -0.2) is 20.7 Å². The molecule has 0 aromatic carbocycles. The fraction of sp³-hybridized carbons (Fsp3) is 0.500. The summed E-state index contributed by atoms with van der Waals surface area (Å²) in [5, 5.41) is 0. The van der Waals surface area contributed by atoms with Crippen LogP contribution in [0.3, 0.4) is 0 Å². The van der Waals surface area contributed by atoms with Crippen LogP contribution in [0.5, 0.6) is 0 Å². The van der Waals surface area contributed by atoms with Gasteiger partial charge in [-0.1, -0.05) is 0 Å². The number of nitrogens with zero attached hydrogens (tertiary/aromatic N) is 2. The maximum Gasteiger partial charge on any atom is 0.351 e. The summed E-state index contributed by atoms with van der Waals surface area (Å²) in [6, 6.07) is 0. The Morgan fingerprint density at radius 3 is 3.13 bits per heavy atom. The molecular weight excluding hydrogens is 221 g/mol. The number of hydrogen-bond acceptors (Lipinski definition) is 5. The van der Waals surface area contributed by atoms with E-state index < -0.39 is 17.7 Å². The van der Waals surface area contributed by atoms with E-state index in [9.17, 15) is 9.18 Å². The van der Waals surface area contributed by atoms with Gasteiger partial charge in [-0.2, -0.15) is 4.98 Å². The molecule has 2 heterocycles. The summed E-state index contributed by atoms with van der Waals surface area (Å²) >= 11 is 1.56. The van der Waals surface area contributed by atoms with Crippen LogP contribution in [0.4, 0.5) is 10.2 Å². The van der Waals surface area contributed by atoms with E-state index in [1.807, 2.05) is 6.92 Å². The Kier molecular flexibility index (Phi) is 2.66. The molecule has 0 spiro atoms. The molecule has 0 aliphatic carbocycles. The number of thioether (sulfide) groups is 1. The summed E-state index contributed by atoms with van der Waals surface area (Å²) in [5.41, 5.74) is 4.58. The third kappa shape index (κ3) is 1.98. The van der Waals surface area contributed by atoms with E-state index in [1.165, 1.54) is 0 Å². The Balaban J connectivity index is 2.36. The first-order valence-corrected chi connectivity index (χ1v) is 5.44. The Morgan fingerprint density at radius 1 is 1.80 bits per heavy atom. The number of rotatable bonds is 1. The van der Waals surface area contributed by atoms with Crippen LogP contribution in [0.15, 0.2) is 11.0 Å². The first-order valence-electron chi connectivity index (χ1n) is 4.39. The molecule has 1 fully saturated rings. The van der Waals surface area contributed by atoms with Crippen molar-refractivity contribution in [2.75, 3.05) is 11.5 Å². The van der Waals surface area contributed by atoms with Crippen molar-refractivity contribution in [3.05, 3.63) is 22.5 Å². The number of aromatic nitrogens is 2. The van der Waals surface area contributed by atoms with Gasteiger partial charge in [0.1, 0.15) is 11.7 Å². The fourth-order valence-corrected chi connectivity index (χ4v) is 2.21. The van der Waals surface area contributed by atoms with Crippen LogP contribution in [-0.2, 0) is 4.74 Å². The van der Waals surface area contributed by atoms with Crippen molar-refractivity contribution in [1.29, 1.82) is 0 Å². The number of nitrogen functional groups attached to an aromatic ring is 1. The van der Waals surface area contributed by atoms with Crippen molar-refractivity contribution < 1.29 is 9.13 Å². The molecule has 2 unspecified atom stereocenters. The van der Waals surface area contributed by atoms with Crippen LogP contribution < -0.4 is 11.4 Å². The molecule has 0 bridgehead atoms. The van der Waals surface area contributed by atoms with Gasteiger partial charge in [0.25, 0.3) is 0 Å². The van der Waals surface area contributed by atoms with Gasteiger partial charge in [0, 0.05) is 5.75 Å². The lowest BCUT2D eigenvalue weighted by molar-refractivity contribution is 0.0230. The highest BCUT2D eigenvalue weighted by Gasteiger charge is 2.25. The summed E-state index contributed by atoms with van der Waals surface area (Å²) < 4.78 is 19.6. The van der Waals surface area contributed by atoms with Crippen molar-refractivity contribution in [1.82, 2.24) is 9.55 Å². The zero-order chi connectivity index (χ0) is 11.0. The molecule has 82 valence electrons. The topological polar surface area (TPSA) is 70.1 Å². The summed E-state index contributed by atoms with van der Waals surface area (Å²) in [6.07, 6.45) is 0.577. The SMILES string of the molecule is CC1OC(n2cc(F)c(N)nc2=O)CS1. The molecule has 0 saturated carbocycles. The Hall–Kier alpha value is -1.08. The Morgan fingerprint density at radius 2 is 2.53 bits per heavy atom. The lowest BCUT2D eigenvalue weighted by Crippen LogP contribution is -2.29. The maximum absolute atomic E-state index is 13.1. The normalized spacial score (nSPS) is 25.7. The second-order valence-electron chi connectivity index (χ2n) is 3.16. The second-order valence-corrected chi connectivity index (χ2v) is 4.49. The van der Waals surface area contributed by atoms with E-state index in [1.54, 1.807) is 11.8 Å². The van der Waals surface area contributed by atoms with Gasteiger partial charge in [-0.25, -0.2) is 9.18 Å². The Labute approximate surface area is 89.4 Å². The predicted octanol–water partition coefficient (Wildman–Crippen LogP) is 0.573. The first kappa shape index (κ1) is 10.4. The fourth-order valence-electron chi connectivity index (χ4n) is 1.33. The first-order chi connectivity index (χ1) is 7.08. The molecule has 1 aromatic heterocycles. The highest BCUT2D eigenvalue weighted by Crippen LogP contribution is 2.30.